The number of rotatable bonds is 9. The quantitative estimate of drug-likeness (QED) is 0.320. The van der Waals surface area contributed by atoms with E-state index in [1.54, 1.807) is 20.5 Å². The summed E-state index contributed by atoms with van der Waals surface area (Å²) in [6, 6.07) is 5.95. The highest BCUT2D eigenvalue weighted by atomic mass is 127. The molecule has 0 aliphatic heterocycles. The van der Waals surface area contributed by atoms with E-state index in [9.17, 15) is 0 Å². The summed E-state index contributed by atoms with van der Waals surface area (Å²) in [5.74, 6) is 3.09. The summed E-state index contributed by atoms with van der Waals surface area (Å²) in [6.45, 7) is 6.97. The third kappa shape index (κ3) is 6.89. The van der Waals surface area contributed by atoms with Crippen molar-refractivity contribution in [3.05, 3.63) is 35.9 Å². The predicted molar refractivity (Wildman–Crippen MR) is 117 cm³/mol. The Morgan fingerprint density at radius 1 is 1.15 bits per heavy atom. The van der Waals surface area contributed by atoms with E-state index in [0.29, 0.717) is 6.54 Å². The molecular formula is C18H29IN6O2. The molecule has 0 unspecified atom stereocenters. The molecule has 1 aromatic heterocycles. The van der Waals surface area contributed by atoms with Gasteiger partial charge in [-0.15, -0.1) is 34.2 Å². The Balaban J connectivity index is 0.00000364. The third-order valence-electron chi connectivity index (χ3n) is 3.91. The Morgan fingerprint density at radius 2 is 1.93 bits per heavy atom. The largest absolute Gasteiger partial charge is 0.493 e. The molecule has 0 radical (unpaired) electrons. The molecule has 0 atom stereocenters. The number of aromatic nitrogens is 3. The summed E-state index contributed by atoms with van der Waals surface area (Å²) in [5.41, 5.74) is 1.16. The molecule has 2 rings (SSSR count). The number of ether oxygens (including phenoxy) is 2. The minimum Gasteiger partial charge on any atom is -0.493 e. The Kier molecular flexibility index (Phi) is 10.5. The minimum atomic E-state index is 0. The van der Waals surface area contributed by atoms with Gasteiger partial charge in [-0.25, -0.2) is 4.99 Å². The molecule has 0 bridgehead atoms. The van der Waals surface area contributed by atoms with Gasteiger partial charge in [0.15, 0.2) is 23.3 Å². The number of benzene rings is 1. The predicted octanol–water partition coefficient (Wildman–Crippen LogP) is 2.23. The Hall–Kier alpha value is -2.04. The van der Waals surface area contributed by atoms with Gasteiger partial charge in [0.2, 0.25) is 0 Å². The molecule has 0 saturated carbocycles. The molecule has 0 amide bonds. The smallest absolute Gasteiger partial charge is 0.191 e. The fraction of sp³-hybridized carbons (Fsp3) is 0.500. The second kappa shape index (κ2) is 12.4. The highest BCUT2D eigenvalue weighted by Gasteiger charge is 2.06. The fourth-order valence-corrected chi connectivity index (χ4v) is 2.52. The van der Waals surface area contributed by atoms with E-state index in [2.05, 4.69) is 32.7 Å². The number of guanidine groups is 1. The van der Waals surface area contributed by atoms with E-state index in [1.807, 2.05) is 29.7 Å². The van der Waals surface area contributed by atoms with Gasteiger partial charge in [0.1, 0.15) is 12.9 Å². The lowest BCUT2D eigenvalue weighted by Gasteiger charge is -2.12. The van der Waals surface area contributed by atoms with Crippen LogP contribution in [0.1, 0.15) is 25.2 Å². The van der Waals surface area contributed by atoms with Gasteiger partial charge in [-0.05, 0) is 38.0 Å². The van der Waals surface area contributed by atoms with Crippen LogP contribution in [-0.2, 0) is 19.5 Å². The second-order valence-corrected chi connectivity index (χ2v) is 5.59. The molecule has 0 aliphatic carbocycles. The summed E-state index contributed by atoms with van der Waals surface area (Å²) in [4.78, 5) is 4.58. The lowest BCUT2D eigenvalue weighted by Crippen LogP contribution is -2.38. The number of hydrogen-bond acceptors (Lipinski definition) is 5. The third-order valence-corrected chi connectivity index (χ3v) is 3.91. The zero-order valence-electron chi connectivity index (χ0n) is 16.4. The van der Waals surface area contributed by atoms with Crippen LogP contribution in [0.15, 0.2) is 29.5 Å². The van der Waals surface area contributed by atoms with Crippen LogP contribution in [0, 0.1) is 0 Å². The van der Waals surface area contributed by atoms with Crippen LogP contribution in [0.25, 0.3) is 0 Å². The normalized spacial score (nSPS) is 10.9. The molecule has 1 heterocycles. The summed E-state index contributed by atoms with van der Waals surface area (Å²) < 4.78 is 12.6. The van der Waals surface area contributed by atoms with Crippen LogP contribution < -0.4 is 20.1 Å². The molecule has 9 heteroatoms. The standard InChI is InChI=1S/C18H28N6O2.HI/c1-5-19-18(21-12-17-23-22-13-24(17)6-2)20-10-9-14-7-8-15(25-3)16(11-14)26-4;/h7-8,11,13H,5-6,9-10,12H2,1-4H3,(H2,19,20,21);1H. The molecule has 2 aromatic rings. The lowest BCUT2D eigenvalue weighted by molar-refractivity contribution is 0.354. The number of halogens is 1. The van der Waals surface area contributed by atoms with Gasteiger partial charge in [-0.2, -0.15) is 0 Å². The van der Waals surface area contributed by atoms with E-state index in [-0.39, 0.29) is 24.0 Å². The van der Waals surface area contributed by atoms with E-state index >= 15 is 0 Å². The van der Waals surface area contributed by atoms with Crippen molar-refractivity contribution < 1.29 is 9.47 Å². The number of hydrogen-bond donors (Lipinski definition) is 2. The minimum absolute atomic E-state index is 0. The number of nitrogens with one attached hydrogen (secondary N) is 2. The average molecular weight is 488 g/mol. The van der Waals surface area contributed by atoms with Crippen molar-refractivity contribution in [2.75, 3.05) is 27.3 Å². The van der Waals surface area contributed by atoms with Crippen LogP contribution in [0.4, 0.5) is 0 Å². The van der Waals surface area contributed by atoms with Crippen LogP contribution in [0.2, 0.25) is 0 Å². The molecule has 27 heavy (non-hydrogen) atoms. The monoisotopic (exact) mass is 488 g/mol. The second-order valence-electron chi connectivity index (χ2n) is 5.59. The molecule has 0 saturated heterocycles. The number of nitrogens with zero attached hydrogens (tertiary/aromatic N) is 4. The van der Waals surface area contributed by atoms with Crippen molar-refractivity contribution in [3.8, 4) is 11.5 Å². The van der Waals surface area contributed by atoms with Crippen LogP contribution in [0.3, 0.4) is 0 Å². The molecule has 0 spiro atoms. The topological polar surface area (TPSA) is 85.6 Å². The zero-order valence-corrected chi connectivity index (χ0v) is 18.7. The van der Waals surface area contributed by atoms with E-state index in [4.69, 9.17) is 9.47 Å². The van der Waals surface area contributed by atoms with Gasteiger partial charge in [0.25, 0.3) is 0 Å². The molecule has 0 fully saturated rings. The maximum atomic E-state index is 5.35. The van der Waals surface area contributed by atoms with Gasteiger partial charge in [-0.1, -0.05) is 6.07 Å². The molecule has 150 valence electrons. The maximum Gasteiger partial charge on any atom is 0.191 e. The Morgan fingerprint density at radius 3 is 2.59 bits per heavy atom. The first-order valence-corrected chi connectivity index (χ1v) is 8.81. The average Bonchev–Trinajstić information content (AvgIpc) is 3.13. The number of aryl methyl sites for hydroxylation is 1. The van der Waals surface area contributed by atoms with Crippen LogP contribution in [-0.4, -0.2) is 48.0 Å². The Labute approximate surface area is 177 Å². The summed E-state index contributed by atoms with van der Waals surface area (Å²) in [7, 11) is 3.28. The first-order chi connectivity index (χ1) is 12.7. The fourth-order valence-electron chi connectivity index (χ4n) is 2.52. The van der Waals surface area contributed by atoms with E-state index in [1.165, 1.54) is 0 Å². The maximum absolute atomic E-state index is 5.35. The van der Waals surface area contributed by atoms with Gasteiger partial charge < -0.3 is 24.7 Å². The van der Waals surface area contributed by atoms with Gasteiger partial charge in [-0.3, -0.25) is 0 Å². The molecular weight excluding hydrogens is 459 g/mol. The highest BCUT2D eigenvalue weighted by Crippen LogP contribution is 2.27. The van der Waals surface area contributed by atoms with Crippen molar-refractivity contribution in [3.63, 3.8) is 0 Å². The van der Waals surface area contributed by atoms with Gasteiger partial charge in [0.05, 0.1) is 14.2 Å². The highest BCUT2D eigenvalue weighted by molar-refractivity contribution is 14.0. The van der Waals surface area contributed by atoms with Crippen molar-refractivity contribution >= 4 is 29.9 Å². The van der Waals surface area contributed by atoms with E-state index < -0.39 is 0 Å². The number of aliphatic imine (C=N–C) groups is 1. The summed E-state index contributed by atoms with van der Waals surface area (Å²) >= 11 is 0. The van der Waals surface area contributed by atoms with Crippen LogP contribution >= 0.6 is 24.0 Å². The first-order valence-electron chi connectivity index (χ1n) is 8.81. The van der Waals surface area contributed by atoms with Gasteiger partial charge >= 0.3 is 0 Å². The lowest BCUT2D eigenvalue weighted by atomic mass is 10.1. The van der Waals surface area contributed by atoms with Crippen molar-refractivity contribution in [1.82, 2.24) is 25.4 Å². The van der Waals surface area contributed by atoms with Crippen LogP contribution in [0.5, 0.6) is 11.5 Å². The Bertz CT molecular complexity index is 720. The molecule has 0 aliphatic rings. The SMILES string of the molecule is CCNC(=NCc1nncn1CC)NCCc1ccc(OC)c(OC)c1.I. The molecule has 8 nitrogen and oxygen atoms in total. The zero-order chi connectivity index (χ0) is 18.8. The summed E-state index contributed by atoms with van der Waals surface area (Å²) in [5, 5.41) is 14.6. The van der Waals surface area contributed by atoms with E-state index in [0.717, 1.165) is 54.9 Å². The van der Waals surface area contributed by atoms with Crippen molar-refractivity contribution in [2.24, 2.45) is 4.99 Å². The summed E-state index contributed by atoms with van der Waals surface area (Å²) in [6.07, 6.45) is 2.57. The van der Waals surface area contributed by atoms with Gasteiger partial charge in [0, 0.05) is 19.6 Å². The first kappa shape index (κ1) is 23.0. The molecule has 1 aromatic carbocycles. The van der Waals surface area contributed by atoms with Crippen molar-refractivity contribution in [2.45, 2.75) is 33.4 Å². The number of methoxy groups -OCH3 is 2. The van der Waals surface area contributed by atoms with Crippen molar-refractivity contribution in [1.29, 1.82) is 0 Å². The molecule has 2 N–H and O–H groups in total.